The second-order valence-electron chi connectivity index (χ2n) is 5.49. The first-order valence-corrected chi connectivity index (χ1v) is 8.26. The van der Waals surface area contributed by atoms with Gasteiger partial charge in [0.05, 0.1) is 25.0 Å². The van der Waals surface area contributed by atoms with Crippen LogP contribution in [0.1, 0.15) is 12.6 Å². The average Bonchev–Trinajstić information content (AvgIpc) is 2.68. The molecule has 0 radical (unpaired) electrons. The molecule has 1 aliphatic heterocycles. The van der Waals surface area contributed by atoms with Crippen molar-refractivity contribution in [1.29, 1.82) is 0 Å². The Bertz CT molecular complexity index is 690. The summed E-state index contributed by atoms with van der Waals surface area (Å²) in [6.45, 7) is 5.27. The van der Waals surface area contributed by atoms with E-state index in [2.05, 4.69) is 30.4 Å². The van der Waals surface area contributed by atoms with Crippen LogP contribution in [0.3, 0.4) is 0 Å². The van der Waals surface area contributed by atoms with E-state index in [1.54, 1.807) is 24.2 Å². The third-order valence-corrected chi connectivity index (χ3v) is 3.83. The zero-order valence-electron chi connectivity index (χ0n) is 14.1. The number of hydrogen-bond acceptors (Lipinski definition) is 8. The standard InChI is InChI=1S/C16H21N7O2/c1-2-25-16(24)23-9-7-22(8-10-23)14-12-19-21-15(20-14)18-11-13-5-3-4-6-17-13/h3-6,12H,2,7-11H2,1H3,(H,18,20,21). The molecule has 0 atom stereocenters. The van der Waals surface area contributed by atoms with Crippen molar-refractivity contribution < 1.29 is 9.53 Å². The summed E-state index contributed by atoms with van der Waals surface area (Å²) in [5.41, 5.74) is 0.902. The van der Waals surface area contributed by atoms with Crippen molar-refractivity contribution in [3.8, 4) is 0 Å². The quantitative estimate of drug-likeness (QED) is 0.864. The van der Waals surface area contributed by atoms with Crippen molar-refractivity contribution in [3.63, 3.8) is 0 Å². The molecule has 1 fully saturated rings. The van der Waals surface area contributed by atoms with Crippen molar-refractivity contribution in [2.24, 2.45) is 0 Å². The second kappa shape index (κ2) is 8.22. The molecule has 9 heteroatoms. The lowest BCUT2D eigenvalue weighted by Crippen LogP contribution is -2.49. The first-order valence-electron chi connectivity index (χ1n) is 8.26. The largest absolute Gasteiger partial charge is 0.450 e. The van der Waals surface area contributed by atoms with E-state index >= 15 is 0 Å². The fraction of sp³-hybridized carbons (Fsp3) is 0.438. The summed E-state index contributed by atoms with van der Waals surface area (Å²) in [5, 5.41) is 11.1. The van der Waals surface area contributed by atoms with Crippen molar-refractivity contribution in [2.75, 3.05) is 43.0 Å². The van der Waals surface area contributed by atoms with Crippen LogP contribution >= 0.6 is 0 Å². The van der Waals surface area contributed by atoms with Gasteiger partial charge in [0.2, 0.25) is 5.95 Å². The number of piperazine rings is 1. The maximum absolute atomic E-state index is 11.7. The number of pyridine rings is 1. The Morgan fingerprint density at radius 2 is 2.12 bits per heavy atom. The van der Waals surface area contributed by atoms with E-state index in [1.807, 2.05) is 18.2 Å². The van der Waals surface area contributed by atoms with Gasteiger partial charge < -0.3 is 19.9 Å². The molecule has 2 aromatic rings. The van der Waals surface area contributed by atoms with Gasteiger partial charge in [0.1, 0.15) is 0 Å². The highest BCUT2D eigenvalue weighted by Crippen LogP contribution is 2.14. The Kier molecular flexibility index (Phi) is 5.55. The summed E-state index contributed by atoms with van der Waals surface area (Å²) in [5.74, 6) is 1.19. The van der Waals surface area contributed by atoms with Crippen LogP contribution in [0.4, 0.5) is 16.6 Å². The predicted octanol–water partition coefficient (Wildman–Crippen LogP) is 1.16. The number of nitrogens with zero attached hydrogens (tertiary/aromatic N) is 6. The highest BCUT2D eigenvalue weighted by atomic mass is 16.6. The lowest BCUT2D eigenvalue weighted by Gasteiger charge is -2.34. The van der Waals surface area contributed by atoms with Gasteiger partial charge in [-0.25, -0.2) is 4.79 Å². The van der Waals surface area contributed by atoms with Gasteiger partial charge in [-0.15, -0.1) is 5.10 Å². The van der Waals surface area contributed by atoms with Gasteiger partial charge >= 0.3 is 6.09 Å². The Hall–Kier alpha value is -2.97. The number of ether oxygens (including phenoxy) is 1. The number of anilines is 2. The molecule has 3 heterocycles. The van der Waals surface area contributed by atoms with E-state index in [9.17, 15) is 4.79 Å². The van der Waals surface area contributed by atoms with Crippen LogP contribution in [0.5, 0.6) is 0 Å². The van der Waals surface area contributed by atoms with Gasteiger partial charge in [0.25, 0.3) is 0 Å². The Balaban J connectivity index is 1.56. The van der Waals surface area contributed by atoms with Crippen LogP contribution in [-0.2, 0) is 11.3 Å². The van der Waals surface area contributed by atoms with Gasteiger partial charge in [0.15, 0.2) is 5.82 Å². The van der Waals surface area contributed by atoms with Gasteiger partial charge in [-0.05, 0) is 19.1 Å². The number of nitrogens with one attached hydrogen (secondary N) is 1. The van der Waals surface area contributed by atoms with E-state index < -0.39 is 0 Å². The Morgan fingerprint density at radius 1 is 1.28 bits per heavy atom. The topological polar surface area (TPSA) is 96.4 Å². The Morgan fingerprint density at radius 3 is 2.84 bits per heavy atom. The van der Waals surface area contributed by atoms with Crippen molar-refractivity contribution in [3.05, 3.63) is 36.3 Å². The molecule has 132 valence electrons. The maximum Gasteiger partial charge on any atom is 0.409 e. The summed E-state index contributed by atoms with van der Waals surface area (Å²) < 4.78 is 5.03. The molecule has 25 heavy (non-hydrogen) atoms. The summed E-state index contributed by atoms with van der Waals surface area (Å²) >= 11 is 0. The van der Waals surface area contributed by atoms with Crippen LogP contribution in [-0.4, -0.2) is 63.9 Å². The summed E-state index contributed by atoms with van der Waals surface area (Å²) in [7, 11) is 0. The molecule has 2 aromatic heterocycles. The molecule has 1 aliphatic rings. The van der Waals surface area contributed by atoms with Crippen LogP contribution < -0.4 is 10.2 Å². The number of amides is 1. The minimum atomic E-state index is -0.263. The third-order valence-electron chi connectivity index (χ3n) is 3.83. The second-order valence-corrected chi connectivity index (χ2v) is 5.49. The molecule has 0 unspecified atom stereocenters. The smallest absolute Gasteiger partial charge is 0.409 e. The fourth-order valence-electron chi connectivity index (χ4n) is 2.53. The summed E-state index contributed by atoms with van der Waals surface area (Å²) in [6, 6.07) is 5.74. The summed E-state index contributed by atoms with van der Waals surface area (Å²) in [6.07, 6.45) is 3.11. The molecule has 0 aliphatic carbocycles. The highest BCUT2D eigenvalue weighted by Gasteiger charge is 2.23. The molecule has 1 saturated heterocycles. The minimum Gasteiger partial charge on any atom is -0.450 e. The maximum atomic E-state index is 11.7. The Labute approximate surface area is 146 Å². The van der Waals surface area contributed by atoms with Crippen LogP contribution in [0.25, 0.3) is 0 Å². The molecule has 0 aromatic carbocycles. The molecule has 1 amide bonds. The molecule has 0 bridgehead atoms. The van der Waals surface area contributed by atoms with E-state index in [0.29, 0.717) is 45.3 Å². The van der Waals surface area contributed by atoms with E-state index in [-0.39, 0.29) is 6.09 Å². The van der Waals surface area contributed by atoms with Crippen LogP contribution in [0.15, 0.2) is 30.6 Å². The van der Waals surface area contributed by atoms with Crippen molar-refractivity contribution in [1.82, 2.24) is 25.1 Å². The lowest BCUT2D eigenvalue weighted by atomic mass is 10.3. The zero-order valence-corrected chi connectivity index (χ0v) is 14.1. The zero-order chi connectivity index (χ0) is 17.5. The molecule has 1 N–H and O–H groups in total. The normalized spacial score (nSPS) is 14.3. The monoisotopic (exact) mass is 343 g/mol. The molecular formula is C16H21N7O2. The lowest BCUT2D eigenvalue weighted by molar-refractivity contribution is 0.105. The predicted molar refractivity (Wildman–Crippen MR) is 92.2 cm³/mol. The number of aromatic nitrogens is 4. The van der Waals surface area contributed by atoms with E-state index in [0.717, 1.165) is 11.5 Å². The number of carbonyl (C=O) groups is 1. The third kappa shape index (κ3) is 4.52. The van der Waals surface area contributed by atoms with E-state index in [4.69, 9.17) is 4.74 Å². The molecular weight excluding hydrogens is 322 g/mol. The fourth-order valence-corrected chi connectivity index (χ4v) is 2.53. The molecule has 0 spiro atoms. The van der Waals surface area contributed by atoms with Gasteiger partial charge in [-0.1, -0.05) is 6.07 Å². The molecule has 9 nitrogen and oxygen atoms in total. The number of carbonyl (C=O) groups excluding carboxylic acids is 1. The van der Waals surface area contributed by atoms with E-state index in [1.165, 1.54) is 0 Å². The van der Waals surface area contributed by atoms with Gasteiger partial charge in [0, 0.05) is 32.4 Å². The number of rotatable bonds is 5. The van der Waals surface area contributed by atoms with Gasteiger partial charge in [-0.3, -0.25) is 4.98 Å². The van der Waals surface area contributed by atoms with Crippen LogP contribution in [0, 0.1) is 0 Å². The number of hydrogen-bond donors (Lipinski definition) is 1. The SMILES string of the molecule is CCOC(=O)N1CCN(c2cnnc(NCc3ccccn3)n2)CC1. The first-order chi connectivity index (χ1) is 12.3. The summed E-state index contributed by atoms with van der Waals surface area (Å²) in [4.78, 5) is 24.3. The highest BCUT2D eigenvalue weighted by molar-refractivity contribution is 5.68. The average molecular weight is 343 g/mol. The minimum absolute atomic E-state index is 0.263. The van der Waals surface area contributed by atoms with Crippen molar-refractivity contribution >= 4 is 17.9 Å². The first kappa shape index (κ1) is 16.9. The molecule has 3 rings (SSSR count). The van der Waals surface area contributed by atoms with Gasteiger partial charge in [-0.2, -0.15) is 10.1 Å². The molecule has 0 saturated carbocycles. The van der Waals surface area contributed by atoms with Crippen molar-refractivity contribution in [2.45, 2.75) is 13.5 Å². The van der Waals surface area contributed by atoms with Crippen LogP contribution in [0.2, 0.25) is 0 Å².